The predicted octanol–water partition coefficient (Wildman–Crippen LogP) is 3.10. The summed E-state index contributed by atoms with van der Waals surface area (Å²) in [4.78, 5) is 29.1. The predicted molar refractivity (Wildman–Crippen MR) is 127 cm³/mol. The number of benzene rings is 1. The molecule has 2 fully saturated rings. The van der Waals surface area contributed by atoms with Crippen LogP contribution in [0.3, 0.4) is 0 Å². The Kier molecular flexibility index (Phi) is 8.10. The summed E-state index contributed by atoms with van der Waals surface area (Å²) in [5, 5.41) is 8.94. The van der Waals surface area contributed by atoms with Gasteiger partial charge in [0.25, 0.3) is 0 Å². The first-order valence-corrected chi connectivity index (χ1v) is 13.7. The van der Waals surface area contributed by atoms with E-state index in [0.29, 0.717) is 40.0 Å². The minimum absolute atomic E-state index is 0.00893. The summed E-state index contributed by atoms with van der Waals surface area (Å²) in [5.74, 6) is -0.377. The van der Waals surface area contributed by atoms with Gasteiger partial charge in [-0.3, -0.25) is 9.59 Å². The number of hydrogen-bond acceptors (Lipinski definition) is 7. The first-order chi connectivity index (χ1) is 15.1. The zero-order valence-corrected chi connectivity index (χ0v) is 21.0. The Hall–Kier alpha value is -1.79. The number of amidine groups is 1. The number of carboxylic acid groups (broad SMARTS) is 1. The van der Waals surface area contributed by atoms with Crippen LogP contribution >= 0.6 is 27.7 Å². The van der Waals surface area contributed by atoms with Gasteiger partial charge in [0.2, 0.25) is 5.91 Å². The normalized spacial score (nSPS) is 22.7. The maximum absolute atomic E-state index is 12.4. The van der Waals surface area contributed by atoms with Crippen LogP contribution in [-0.4, -0.2) is 66.6 Å². The van der Waals surface area contributed by atoms with Gasteiger partial charge in [-0.1, -0.05) is 11.8 Å². The first-order valence-electron chi connectivity index (χ1n) is 10.2. The van der Waals surface area contributed by atoms with E-state index < -0.39 is 21.7 Å². The molecule has 1 N–H and O–H groups in total. The number of aliphatic carboxylic acids is 1. The highest BCUT2D eigenvalue weighted by Gasteiger charge is 2.49. The number of carboxylic acids is 1. The molecule has 12 heteroatoms. The standard InChI is InChI=1S/C20H25BrN2O7S2/c1-3-29-15-9-12(8-13(21)19(15)30-4-2)23-14-10-32(27,28)11-16(14)31-20(23)22-17(24)6-5-7-18(25)26/h8-9,14,16H,3-7,10-11H2,1-2H3,(H,25,26)/t14-,16+/m0/s1. The molecule has 0 aliphatic carbocycles. The van der Waals surface area contributed by atoms with E-state index in [1.54, 1.807) is 17.0 Å². The molecule has 2 saturated heterocycles. The third kappa shape index (κ3) is 5.76. The molecule has 1 amide bonds. The topological polar surface area (TPSA) is 123 Å². The van der Waals surface area contributed by atoms with Gasteiger partial charge in [-0.05, 0) is 42.3 Å². The van der Waals surface area contributed by atoms with Gasteiger partial charge in [-0.15, -0.1) is 0 Å². The van der Waals surface area contributed by atoms with Crippen molar-refractivity contribution in [2.75, 3.05) is 29.6 Å². The Morgan fingerprint density at radius 2 is 1.94 bits per heavy atom. The maximum atomic E-state index is 12.4. The molecule has 9 nitrogen and oxygen atoms in total. The lowest BCUT2D eigenvalue weighted by Crippen LogP contribution is -2.37. The molecule has 32 heavy (non-hydrogen) atoms. The fourth-order valence-corrected chi connectivity index (χ4v) is 8.14. The van der Waals surface area contributed by atoms with Gasteiger partial charge < -0.3 is 19.5 Å². The third-order valence-electron chi connectivity index (χ3n) is 4.93. The second-order valence-corrected chi connectivity index (χ2v) is 11.5. The van der Waals surface area contributed by atoms with Crippen LogP contribution in [0.1, 0.15) is 33.1 Å². The molecule has 0 spiro atoms. The maximum Gasteiger partial charge on any atom is 0.303 e. The Bertz CT molecular complexity index is 1030. The van der Waals surface area contributed by atoms with Crippen LogP contribution < -0.4 is 14.4 Å². The summed E-state index contributed by atoms with van der Waals surface area (Å²) in [6.07, 6.45) is 0.0927. The summed E-state index contributed by atoms with van der Waals surface area (Å²) in [6, 6.07) is 3.19. The number of fused-ring (bicyclic) bond motifs is 1. The molecule has 1 aromatic carbocycles. The Morgan fingerprint density at radius 3 is 2.59 bits per heavy atom. The van der Waals surface area contributed by atoms with Crippen molar-refractivity contribution in [2.24, 2.45) is 4.99 Å². The molecule has 3 rings (SSSR count). The van der Waals surface area contributed by atoms with E-state index in [9.17, 15) is 18.0 Å². The molecule has 0 bridgehead atoms. The zero-order valence-electron chi connectivity index (χ0n) is 17.7. The number of rotatable bonds is 9. The minimum Gasteiger partial charge on any atom is -0.490 e. The number of amides is 1. The van der Waals surface area contributed by atoms with Crippen molar-refractivity contribution < 1.29 is 32.6 Å². The van der Waals surface area contributed by atoms with Crippen molar-refractivity contribution in [1.82, 2.24) is 0 Å². The number of nitrogens with zero attached hydrogens (tertiary/aromatic N) is 2. The number of carbonyl (C=O) groups excluding carboxylic acids is 1. The van der Waals surface area contributed by atoms with E-state index in [2.05, 4.69) is 20.9 Å². The van der Waals surface area contributed by atoms with E-state index in [1.807, 2.05) is 13.8 Å². The van der Waals surface area contributed by atoms with Gasteiger partial charge in [-0.2, -0.15) is 4.99 Å². The lowest BCUT2D eigenvalue weighted by atomic mass is 10.2. The molecule has 0 radical (unpaired) electrons. The fraction of sp³-hybridized carbons (Fsp3) is 0.550. The van der Waals surface area contributed by atoms with Crippen molar-refractivity contribution in [1.29, 1.82) is 0 Å². The molecule has 0 saturated carbocycles. The number of ether oxygens (including phenoxy) is 2. The second-order valence-electron chi connectivity index (χ2n) is 7.33. The van der Waals surface area contributed by atoms with E-state index in [-0.39, 0.29) is 42.1 Å². The number of halogens is 1. The molecular formula is C20H25BrN2O7S2. The van der Waals surface area contributed by atoms with Gasteiger partial charge in [0.1, 0.15) is 0 Å². The molecular weight excluding hydrogens is 524 g/mol. The summed E-state index contributed by atoms with van der Waals surface area (Å²) in [5.41, 5.74) is 0.637. The van der Waals surface area contributed by atoms with Gasteiger partial charge in [0, 0.05) is 29.8 Å². The van der Waals surface area contributed by atoms with E-state index in [0.717, 1.165) is 0 Å². The monoisotopic (exact) mass is 548 g/mol. The summed E-state index contributed by atoms with van der Waals surface area (Å²) < 4.78 is 36.6. The van der Waals surface area contributed by atoms with Crippen LogP contribution in [0.25, 0.3) is 0 Å². The average Bonchev–Trinajstić information content (AvgIpc) is 3.14. The van der Waals surface area contributed by atoms with Crippen molar-refractivity contribution in [3.05, 3.63) is 16.6 Å². The SMILES string of the molecule is CCOc1cc(N2C(=NC(=O)CCCC(=O)O)S[C@@H]3CS(=O)(=O)C[C@@H]32)cc(Br)c1OCC. The van der Waals surface area contributed by atoms with Gasteiger partial charge >= 0.3 is 5.97 Å². The molecule has 2 atom stereocenters. The summed E-state index contributed by atoms with van der Waals surface area (Å²) in [6.45, 7) is 4.57. The third-order valence-corrected chi connectivity index (χ3v) is 8.73. The van der Waals surface area contributed by atoms with Crippen molar-refractivity contribution in [3.63, 3.8) is 0 Å². The van der Waals surface area contributed by atoms with E-state index in [1.165, 1.54) is 11.8 Å². The van der Waals surface area contributed by atoms with E-state index in [4.69, 9.17) is 14.6 Å². The molecule has 1 aromatic rings. The molecule has 2 aliphatic rings. The smallest absolute Gasteiger partial charge is 0.303 e. The first kappa shape index (κ1) is 24.8. The van der Waals surface area contributed by atoms with Gasteiger partial charge in [0.05, 0.1) is 35.2 Å². The largest absolute Gasteiger partial charge is 0.490 e. The highest BCUT2D eigenvalue weighted by atomic mass is 79.9. The highest BCUT2D eigenvalue weighted by Crippen LogP contribution is 2.45. The minimum atomic E-state index is -3.20. The second kappa shape index (κ2) is 10.4. The van der Waals surface area contributed by atoms with Gasteiger partial charge in [-0.25, -0.2) is 8.42 Å². The Morgan fingerprint density at radius 1 is 1.22 bits per heavy atom. The lowest BCUT2D eigenvalue weighted by molar-refractivity contribution is -0.137. The molecule has 2 aliphatic heterocycles. The van der Waals surface area contributed by atoms with Crippen LogP contribution in [0.2, 0.25) is 0 Å². The molecule has 0 aromatic heterocycles. The quantitative estimate of drug-likeness (QED) is 0.495. The number of hydrogen-bond donors (Lipinski definition) is 1. The van der Waals surface area contributed by atoms with Crippen molar-refractivity contribution in [3.8, 4) is 11.5 Å². The highest BCUT2D eigenvalue weighted by molar-refractivity contribution is 9.10. The Labute approximate surface area is 199 Å². The lowest BCUT2D eigenvalue weighted by Gasteiger charge is -2.26. The van der Waals surface area contributed by atoms with Crippen molar-refractivity contribution in [2.45, 2.75) is 44.4 Å². The van der Waals surface area contributed by atoms with Crippen LogP contribution in [0.5, 0.6) is 11.5 Å². The van der Waals surface area contributed by atoms with Crippen molar-refractivity contribution >= 4 is 60.3 Å². The molecule has 2 heterocycles. The number of carbonyl (C=O) groups is 2. The zero-order chi connectivity index (χ0) is 23.5. The number of sulfone groups is 1. The van der Waals surface area contributed by atoms with Crippen LogP contribution in [0, 0.1) is 0 Å². The number of aliphatic imine (C=N–C) groups is 1. The van der Waals surface area contributed by atoms with Crippen LogP contribution in [0.15, 0.2) is 21.6 Å². The van der Waals surface area contributed by atoms with Crippen LogP contribution in [0.4, 0.5) is 5.69 Å². The fourth-order valence-electron chi connectivity index (χ4n) is 3.66. The number of thioether (sulfide) groups is 1. The average molecular weight is 549 g/mol. The molecule has 0 unspecified atom stereocenters. The molecule has 176 valence electrons. The number of anilines is 1. The summed E-state index contributed by atoms with van der Waals surface area (Å²) >= 11 is 4.78. The van der Waals surface area contributed by atoms with Crippen LogP contribution in [-0.2, 0) is 19.4 Å². The Balaban J connectivity index is 1.97. The van der Waals surface area contributed by atoms with E-state index >= 15 is 0 Å². The summed E-state index contributed by atoms with van der Waals surface area (Å²) in [7, 11) is -3.20. The van der Waals surface area contributed by atoms with Gasteiger partial charge in [0.15, 0.2) is 26.5 Å².